The lowest BCUT2D eigenvalue weighted by atomic mass is 9.82. The summed E-state index contributed by atoms with van der Waals surface area (Å²) in [4.78, 5) is 19.4. The number of phenols is 2. The van der Waals surface area contributed by atoms with Crippen molar-refractivity contribution in [2.45, 2.75) is 65.5 Å². The fourth-order valence-electron chi connectivity index (χ4n) is 6.20. The van der Waals surface area contributed by atoms with Gasteiger partial charge in [0, 0.05) is 72.6 Å². The van der Waals surface area contributed by atoms with E-state index < -0.39 is 10.8 Å². The van der Waals surface area contributed by atoms with Gasteiger partial charge in [-0.25, -0.2) is 0 Å². The number of ketones is 1. The molecule has 50 heavy (non-hydrogen) atoms. The summed E-state index contributed by atoms with van der Waals surface area (Å²) in [5, 5.41) is 65.0. The Morgan fingerprint density at radius 3 is 1.24 bits per heavy atom. The Labute approximate surface area is 303 Å². The molecule has 4 aromatic rings. The summed E-state index contributed by atoms with van der Waals surface area (Å²) in [5.41, 5.74) is 5.09. The lowest BCUT2D eigenvalue weighted by Crippen LogP contribution is -2.29. The molecule has 0 fully saturated rings. The van der Waals surface area contributed by atoms with E-state index in [1.54, 1.807) is 0 Å². The van der Waals surface area contributed by atoms with Gasteiger partial charge in [0.05, 0.1) is 36.2 Å². The normalized spacial score (nSPS) is 12.4. The molecule has 0 spiro atoms. The summed E-state index contributed by atoms with van der Waals surface area (Å²) in [6.07, 6.45) is 0. The quantitative estimate of drug-likeness (QED) is 0.0773. The smallest absolute Gasteiger partial charge is 0.214 e. The molecular weight excluding hydrogens is 673 g/mol. The number of nitrogens with zero attached hydrogens (tertiary/aromatic N) is 2. The Bertz CT molecular complexity index is 1610. The number of hydrogen-bond donors (Lipinski definition) is 6. The number of aromatic hydroxyl groups is 2. The van der Waals surface area contributed by atoms with Crippen molar-refractivity contribution in [2.24, 2.45) is 0 Å². The van der Waals surface area contributed by atoms with E-state index in [1.165, 1.54) is 22.7 Å². The van der Waals surface area contributed by atoms with Crippen molar-refractivity contribution in [3.63, 3.8) is 0 Å². The molecule has 0 saturated heterocycles. The second-order valence-corrected chi connectivity index (χ2v) is 16.5. The van der Waals surface area contributed by atoms with E-state index in [0.29, 0.717) is 60.1 Å². The van der Waals surface area contributed by atoms with Gasteiger partial charge in [0.1, 0.15) is 11.5 Å². The van der Waals surface area contributed by atoms with Crippen molar-refractivity contribution in [2.75, 3.05) is 52.6 Å². The number of thiophene rings is 2. The number of aliphatic hydroxyl groups is 4. The van der Waals surface area contributed by atoms with Crippen molar-refractivity contribution >= 4 is 28.5 Å². The van der Waals surface area contributed by atoms with Crippen molar-refractivity contribution in [3.05, 3.63) is 79.2 Å². The number of aliphatic hydroxyl groups excluding tert-OH is 4. The molecule has 272 valence electrons. The standard InChI is InChI=1S/C39H52N2O7S2/c1-38(2,3)31-21-25(19-27(33(31)46)23-40(9-13-42)10-14-43)29-7-17-49-36(29)35(48)37-30(8-18-50-37)26-20-28(24-41(11-15-44)12-16-45)34(47)32(22-26)39(4,5)6/h7-8,17-22,42-47H,9-16,23-24H2,1-6H3. The van der Waals surface area contributed by atoms with Gasteiger partial charge in [0.25, 0.3) is 0 Å². The Hall–Kier alpha value is -3.13. The zero-order valence-corrected chi connectivity index (χ0v) is 31.6. The van der Waals surface area contributed by atoms with E-state index in [9.17, 15) is 35.4 Å². The zero-order valence-electron chi connectivity index (χ0n) is 30.0. The van der Waals surface area contributed by atoms with Gasteiger partial charge in [-0.2, -0.15) is 0 Å². The first-order valence-corrected chi connectivity index (χ1v) is 18.7. The van der Waals surface area contributed by atoms with Gasteiger partial charge < -0.3 is 30.6 Å². The maximum Gasteiger partial charge on any atom is 0.214 e. The molecule has 0 aliphatic heterocycles. The first-order chi connectivity index (χ1) is 23.6. The van der Waals surface area contributed by atoms with Crippen molar-refractivity contribution in [1.82, 2.24) is 9.80 Å². The van der Waals surface area contributed by atoms with Crippen LogP contribution in [0.15, 0.2) is 47.2 Å². The summed E-state index contributed by atoms with van der Waals surface area (Å²) < 4.78 is 0. The molecule has 6 N–H and O–H groups in total. The topological polar surface area (TPSA) is 145 Å². The first-order valence-electron chi connectivity index (χ1n) is 17.0. The third kappa shape index (κ3) is 9.20. The van der Waals surface area contributed by atoms with Crippen molar-refractivity contribution in [3.8, 4) is 33.8 Å². The molecule has 0 bridgehead atoms. The van der Waals surface area contributed by atoms with Gasteiger partial charge in [-0.1, -0.05) is 41.5 Å². The fourth-order valence-corrected chi connectivity index (χ4v) is 7.99. The van der Waals surface area contributed by atoms with Gasteiger partial charge in [0.15, 0.2) is 0 Å². The maximum absolute atomic E-state index is 14.5. The molecule has 4 rings (SSSR count). The predicted molar refractivity (Wildman–Crippen MR) is 203 cm³/mol. The minimum absolute atomic E-state index is 0.0811. The molecule has 0 unspecified atom stereocenters. The summed E-state index contributed by atoms with van der Waals surface area (Å²) in [7, 11) is 0. The summed E-state index contributed by atoms with van der Waals surface area (Å²) in [5.74, 6) is 0.212. The average Bonchev–Trinajstić information content (AvgIpc) is 3.73. The van der Waals surface area contributed by atoms with Crippen LogP contribution >= 0.6 is 22.7 Å². The number of carbonyl (C=O) groups is 1. The van der Waals surface area contributed by atoms with Crippen LogP contribution in [0.5, 0.6) is 11.5 Å². The minimum Gasteiger partial charge on any atom is -0.507 e. The van der Waals surface area contributed by atoms with Crippen LogP contribution in [0.3, 0.4) is 0 Å². The molecule has 2 heterocycles. The number of hydrogen-bond acceptors (Lipinski definition) is 11. The molecule has 9 nitrogen and oxygen atoms in total. The summed E-state index contributed by atoms with van der Waals surface area (Å²) in [6.45, 7) is 13.8. The Balaban J connectivity index is 1.82. The third-order valence-electron chi connectivity index (χ3n) is 8.81. The highest BCUT2D eigenvalue weighted by Crippen LogP contribution is 2.43. The van der Waals surface area contributed by atoms with Crippen LogP contribution in [0.1, 0.15) is 78.3 Å². The third-order valence-corrected chi connectivity index (χ3v) is 10.6. The molecular formula is C39H52N2O7S2. The molecule has 2 aromatic carbocycles. The second kappa shape index (κ2) is 16.9. The predicted octanol–water partition coefficient (Wildman–Crippen LogP) is 5.95. The molecule has 0 amide bonds. The summed E-state index contributed by atoms with van der Waals surface area (Å²) in [6, 6.07) is 11.5. The Kier molecular flexibility index (Phi) is 13.4. The first kappa shape index (κ1) is 39.7. The van der Waals surface area contributed by atoms with Crippen molar-refractivity contribution in [1.29, 1.82) is 0 Å². The van der Waals surface area contributed by atoms with E-state index in [2.05, 4.69) is 0 Å². The van der Waals surface area contributed by atoms with E-state index in [4.69, 9.17) is 0 Å². The van der Waals surface area contributed by atoms with E-state index >= 15 is 0 Å². The molecule has 11 heteroatoms. The van der Waals surface area contributed by atoms with Gasteiger partial charge in [-0.15, -0.1) is 22.7 Å². The van der Waals surface area contributed by atoms with Gasteiger partial charge in [0.2, 0.25) is 5.78 Å². The number of carbonyl (C=O) groups excluding carboxylic acids is 1. The Morgan fingerprint density at radius 2 is 0.940 bits per heavy atom. The lowest BCUT2D eigenvalue weighted by Gasteiger charge is -2.26. The Morgan fingerprint density at radius 1 is 0.600 bits per heavy atom. The SMILES string of the molecule is CC(C)(C)c1cc(-c2ccsc2C(=O)c2sccc2-c2cc(CN(CCO)CCO)c(O)c(C(C)(C)C)c2)cc(CN(CCO)CCO)c1O. The minimum atomic E-state index is -0.403. The number of rotatable bonds is 16. The van der Waals surface area contributed by atoms with Crippen LogP contribution in [0, 0.1) is 0 Å². The number of benzene rings is 2. The highest BCUT2D eigenvalue weighted by molar-refractivity contribution is 7.16. The van der Waals surface area contributed by atoms with Crippen LogP contribution in [0.25, 0.3) is 22.3 Å². The van der Waals surface area contributed by atoms with Gasteiger partial charge >= 0.3 is 0 Å². The molecule has 0 aliphatic rings. The average molecular weight is 725 g/mol. The number of phenolic OH excluding ortho intramolecular Hbond substituents is 2. The van der Waals surface area contributed by atoms with E-state index in [-0.39, 0.29) is 43.7 Å². The molecule has 0 saturated carbocycles. The second-order valence-electron chi connectivity index (χ2n) is 14.7. The van der Waals surface area contributed by atoms with Crippen LogP contribution in [0.4, 0.5) is 0 Å². The highest BCUT2D eigenvalue weighted by atomic mass is 32.1. The summed E-state index contributed by atoms with van der Waals surface area (Å²) >= 11 is 2.73. The van der Waals surface area contributed by atoms with Crippen LogP contribution in [0.2, 0.25) is 0 Å². The largest absolute Gasteiger partial charge is 0.507 e. The van der Waals surface area contributed by atoms with Crippen LogP contribution in [-0.4, -0.2) is 98.8 Å². The van der Waals surface area contributed by atoms with Crippen LogP contribution < -0.4 is 0 Å². The molecule has 0 aliphatic carbocycles. The maximum atomic E-state index is 14.5. The van der Waals surface area contributed by atoms with E-state index in [1.807, 2.05) is 98.5 Å². The van der Waals surface area contributed by atoms with Gasteiger partial charge in [-0.3, -0.25) is 14.6 Å². The zero-order chi connectivity index (χ0) is 36.8. The van der Waals surface area contributed by atoms with Crippen molar-refractivity contribution < 1.29 is 35.4 Å². The molecule has 0 radical (unpaired) electrons. The monoisotopic (exact) mass is 724 g/mol. The highest BCUT2D eigenvalue weighted by Gasteiger charge is 2.28. The molecule has 0 atom stereocenters. The van der Waals surface area contributed by atoms with E-state index in [0.717, 1.165) is 33.4 Å². The van der Waals surface area contributed by atoms with Crippen LogP contribution in [-0.2, 0) is 23.9 Å². The van der Waals surface area contributed by atoms with Gasteiger partial charge in [-0.05, 0) is 69.1 Å². The lowest BCUT2D eigenvalue weighted by molar-refractivity contribution is 0.104. The molecule has 2 aromatic heterocycles. The fraction of sp³-hybridized carbons (Fsp3) is 0.462.